The van der Waals surface area contributed by atoms with Gasteiger partial charge in [-0.2, -0.15) is 0 Å². The summed E-state index contributed by atoms with van der Waals surface area (Å²) in [7, 11) is -4.03. The van der Waals surface area contributed by atoms with Crippen LogP contribution in [0.15, 0.2) is 46.0 Å². The molecule has 0 unspecified atom stereocenters. The van der Waals surface area contributed by atoms with Gasteiger partial charge in [-0.1, -0.05) is 15.9 Å². The molecule has 0 spiro atoms. The molecule has 94 valence electrons. The largest absolute Gasteiger partial charge is 0.267 e. The first kappa shape index (κ1) is 12.9. The van der Waals surface area contributed by atoms with E-state index >= 15 is 0 Å². The summed E-state index contributed by atoms with van der Waals surface area (Å²) in [5.74, 6) is -0.965. The maximum absolute atomic E-state index is 13.6. The fourth-order valence-electron chi connectivity index (χ4n) is 1.22. The van der Waals surface area contributed by atoms with E-state index in [0.717, 1.165) is 12.1 Å². The Morgan fingerprint density at radius 2 is 1.89 bits per heavy atom. The second-order valence-electron chi connectivity index (χ2n) is 3.25. The lowest BCUT2D eigenvalue weighted by atomic mass is 10.3. The number of benzene rings is 1. The van der Waals surface area contributed by atoms with Gasteiger partial charge < -0.3 is 0 Å². The summed E-state index contributed by atoms with van der Waals surface area (Å²) in [5, 5.41) is 0. The van der Waals surface area contributed by atoms with Gasteiger partial charge in [-0.15, -0.1) is 0 Å². The van der Waals surface area contributed by atoms with E-state index in [-0.39, 0.29) is 5.95 Å². The normalized spacial score (nSPS) is 11.2. The van der Waals surface area contributed by atoms with Gasteiger partial charge >= 0.3 is 0 Å². The third-order valence-corrected chi connectivity index (χ3v) is 3.83. The van der Waals surface area contributed by atoms with Crippen molar-refractivity contribution in [2.45, 2.75) is 4.90 Å². The number of anilines is 1. The van der Waals surface area contributed by atoms with E-state index in [9.17, 15) is 12.8 Å². The van der Waals surface area contributed by atoms with Gasteiger partial charge in [0.1, 0.15) is 10.7 Å². The molecule has 2 rings (SSSR count). The number of sulfonamides is 1. The van der Waals surface area contributed by atoms with Gasteiger partial charge in [0, 0.05) is 16.9 Å². The zero-order chi connectivity index (χ0) is 13.2. The Morgan fingerprint density at radius 1 is 1.22 bits per heavy atom. The second kappa shape index (κ2) is 4.99. The first-order valence-corrected chi connectivity index (χ1v) is 7.01. The molecule has 0 radical (unpaired) electrons. The third kappa shape index (κ3) is 2.82. The van der Waals surface area contributed by atoms with Crippen molar-refractivity contribution in [3.8, 4) is 0 Å². The topological polar surface area (TPSA) is 72.0 Å². The van der Waals surface area contributed by atoms with Gasteiger partial charge in [0.25, 0.3) is 10.0 Å². The van der Waals surface area contributed by atoms with E-state index in [2.05, 4.69) is 30.6 Å². The minimum Gasteiger partial charge on any atom is -0.247 e. The smallest absolute Gasteiger partial charge is 0.247 e. The predicted octanol–water partition coefficient (Wildman–Crippen LogP) is 2.18. The Kier molecular flexibility index (Phi) is 3.58. The Morgan fingerprint density at radius 3 is 2.50 bits per heavy atom. The van der Waals surface area contributed by atoms with Crippen LogP contribution in [0, 0.1) is 5.82 Å². The molecule has 0 saturated carbocycles. The molecular weight excluding hydrogens is 325 g/mol. The van der Waals surface area contributed by atoms with Crippen molar-refractivity contribution < 1.29 is 12.8 Å². The lowest BCUT2D eigenvalue weighted by molar-refractivity contribution is 0.569. The Hall–Kier alpha value is -1.54. The van der Waals surface area contributed by atoms with Gasteiger partial charge in [-0.3, -0.25) is 0 Å². The van der Waals surface area contributed by atoms with Gasteiger partial charge in [0.2, 0.25) is 5.95 Å². The van der Waals surface area contributed by atoms with Crippen LogP contribution in [0.5, 0.6) is 0 Å². The molecule has 1 heterocycles. The summed E-state index contributed by atoms with van der Waals surface area (Å²) < 4.78 is 39.9. The van der Waals surface area contributed by atoms with Gasteiger partial charge in [0.15, 0.2) is 0 Å². The van der Waals surface area contributed by atoms with Crippen LogP contribution in [-0.2, 0) is 10.0 Å². The van der Waals surface area contributed by atoms with E-state index in [4.69, 9.17) is 0 Å². The monoisotopic (exact) mass is 331 g/mol. The van der Waals surface area contributed by atoms with Crippen LogP contribution in [0.2, 0.25) is 0 Å². The fourth-order valence-corrected chi connectivity index (χ4v) is 2.57. The highest BCUT2D eigenvalue weighted by Gasteiger charge is 2.20. The summed E-state index contributed by atoms with van der Waals surface area (Å²) in [4.78, 5) is 6.95. The average Bonchev–Trinajstić information content (AvgIpc) is 2.29. The minimum absolute atomic E-state index is 0.111. The molecule has 0 aliphatic carbocycles. The van der Waals surface area contributed by atoms with Crippen molar-refractivity contribution in [1.82, 2.24) is 9.97 Å². The molecule has 1 aromatic carbocycles. The maximum Gasteiger partial charge on any atom is 0.267 e. The molecule has 8 heteroatoms. The highest BCUT2D eigenvalue weighted by molar-refractivity contribution is 9.10. The molecule has 2 aromatic rings. The van der Waals surface area contributed by atoms with Crippen molar-refractivity contribution in [3.05, 3.63) is 46.9 Å². The number of hydrogen-bond acceptors (Lipinski definition) is 4. The summed E-state index contributed by atoms with van der Waals surface area (Å²) in [6.45, 7) is 0. The van der Waals surface area contributed by atoms with Crippen molar-refractivity contribution >= 4 is 31.9 Å². The van der Waals surface area contributed by atoms with E-state index in [1.54, 1.807) is 0 Å². The quantitative estimate of drug-likeness (QED) is 0.935. The van der Waals surface area contributed by atoms with Crippen molar-refractivity contribution in [3.63, 3.8) is 0 Å². The summed E-state index contributed by atoms with van der Waals surface area (Å²) in [5.41, 5.74) is 0. The Labute approximate surface area is 111 Å². The van der Waals surface area contributed by atoms with Crippen LogP contribution in [0.3, 0.4) is 0 Å². The van der Waals surface area contributed by atoms with Gasteiger partial charge in [0.05, 0.1) is 0 Å². The van der Waals surface area contributed by atoms with E-state index in [1.165, 1.54) is 24.5 Å². The second-order valence-corrected chi connectivity index (χ2v) is 5.82. The number of nitrogens with zero attached hydrogens (tertiary/aromatic N) is 2. The van der Waals surface area contributed by atoms with Crippen molar-refractivity contribution in [1.29, 1.82) is 0 Å². The molecule has 18 heavy (non-hydrogen) atoms. The molecule has 1 aromatic heterocycles. The fraction of sp³-hybridized carbons (Fsp3) is 0. The lowest BCUT2D eigenvalue weighted by Gasteiger charge is -2.07. The average molecular weight is 332 g/mol. The van der Waals surface area contributed by atoms with Crippen molar-refractivity contribution in [2.75, 3.05) is 4.72 Å². The maximum atomic E-state index is 13.6. The van der Waals surface area contributed by atoms with Gasteiger partial charge in [-0.25, -0.2) is 27.5 Å². The molecule has 0 amide bonds. The van der Waals surface area contributed by atoms with E-state index < -0.39 is 20.7 Å². The standard InChI is InChI=1S/C10H7BrFN3O2S/c11-7-2-3-9(8(12)6-7)18(16,17)15-10-13-4-1-5-14-10/h1-6H,(H,13,14,15). The highest BCUT2D eigenvalue weighted by atomic mass is 79.9. The molecule has 5 nitrogen and oxygen atoms in total. The number of aromatic nitrogens is 2. The van der Waals surface area contributed by atoms with Crippen LogP contribution < -0.4 is 4.72 Å². The molecule has 0 aliphatic rings. The first-order valence-electron chi connectivity index (χ1n) is 4.74. The SMILES string of the molecule is O=S(=O)(Nc1ncccn1)c1ccc(Br)cc1F. The summed E-state index contributed by atoms with van der Waals surface area (Å²) in [6.07, 6.45) is 2.76. The molecule has 0 atom stereocenters. The molecule has 0 bridgehead atoms. The molecule has 0 aliphatic heterocycles. The number of halogens is 2. The minimum atomic E-state index is -4.03. The van der Waals surface area contributed by atoms with E-state index in [0.29, 0.717) is 4.47 Å². The Balaban J connectivity index is 2.37. The van der Waals surface area contributed by atoms with Crippen molar-refractivity contribution in [2.24, 2.45) is 0 Å². The summed E-state index contributed by atoms with van der Waals surface area (Å²) >= 11 is 3.05. The highest BCUT2D eigenvalue weighted by Crippen LogP contribution is 2.20. The first-order chi connectivity index (χ1) is 8.49. The van der Waals surface area contributed by atoms with Crippen LogP contribution >= 0.6 is 15.9 Å². The lowest BCUT2D eigenvalue weighted by Crippen LogP contribution is -2.16. The van der Waals surface area contributed by atoms with Crippen LogP contribution in [0.25, 0.3) is 0 Å². The van der Waals surface area contributed by atoms with Crippen LogP contribution in [-0.4, -0.2) is 18.4 Å². The molecule has 0 fully saturated rings. The number of hydrogen-bond donors (Lipinski definition) is 1. The molecule has 0 saturated heterocycles. The zero-order valence-electron chi connectivity index (χ0n) is 8.84. The third-order valence-electron chi connectivity index (χ3n) is 1.97. The predicted molar refractivity (Wildman–Crippen MR) is 66.9 cm³/mol. The molecule has 1 N–H and O–H groups in total. The van der Waals surface area contributed by atoms with E-state index in [1.807, 2.05) is 0 Å². The molecular formula is C10H7BrFN3O2S. The zero-order valence-corrected chi connectivity index (χ0v) is 11.2. The number of nitrogens with one attached hydrogen (secondary N) is 1. The van der Waals surface area contributed by atoms with Crippen LogP contribution in [0.1, 0.15) is 0 Å². The summed E-state index contributed by atoms with van der Waals surface area (Å²) in [6, 6.07) is 5.20. The Bertz CT molecular complexity index is 664. The van der Waals surface area contributed by atoms with Gasteiger partial charge in [-0.05, 0) is 24.3 Å². The number of rotatable bonds is 3. The van der Waals surface area contributed by atoms with Crippen LogP contribution in [0.4, 0.5) is 10.3 Å².